The zero-order valence-corrected chi connectivity index (χ0v) is 18.4. The minimum atomic E-state index is -4.10. The molecule has 2 aromatic carbocycles. The maximum absolute atomic E-state index is 11.6. The number of nitrogens with zero attached hydrogens (tertiary/aromatic N) is 2. The average Bonchev–Trinajstić information content (AvgIpc) is 3.21. The number of hydrogen-bond acceptors (Lipinski definition) is 8. The van der Waals surface area contributed by atoms with Crippen molar-refractivity contribution in [1.29, 1.82) is 0 Å². The average molecular weight is 477 g/mol. The molecule has 3 aromatic rings. The van der Waals surface area contributed by atoms with Crippen LogP contribution in [0, 0.1) is 0 Å². The van der Waals surface area contributed by atoms with Gasteiger partial charge in [-0.1, -0.05) is 5.21 Å². The number of H-pyrrole nitrogens is 1. The van der Waals surface area contributed by atoms with E-state index in [0.717, 1.165) is 0 Å². The van der Waals surface area contributed by atoms with E-state index in [2.05, 4.69) is 27.7 Å². The van der Waals surface area contributed by atoms with Gasteiger partial charge in [0, 0.05) is 11.1 Å². The van der Waals surface area contributed by atoms with Gasteiger partial charge in [0.05, 0.1) is 34.1 Å². The molecule has 0 saturated heterocycles. The molecule has 1 aromatic heterocycles. The molecule has 0 fully saturated rings. The summed E-state index contributed by atoms with van der Waals surface area (Å²) < 4.78 is 38.0. The summed E-state index contributed by atoms with van der Waals surface area (Å²) in [7, 11) is 5.97. The van der Waals surface area contributed by atoms with Crippen molar-refractivity contribution in [2.75, 3.05) is 28.4 Å². The van der Waals surface area contributed by atoms with Crippen molar-refractivity contribution in [3.63, 3.8) is 0 Å². The van der Waals surface area contributed by atoms with Gasteiger partial charge < -0.3 is 28.4 Å². The summed E-state index contributed by atoms with van der Waals surface area (Å²) in [6.45, 7) is -4.10. The van der Waals surface area contributed by atoms with Crippen molar-refractivity contribution in [2.24, 2.45) is 0 Å². The van der Waals surface area contributed by atoms with Crippen LogP contribution in [-0.2, 0) is 4.57 Å². The summed E-state index contributed by atoms with van der Waals surface area (Å²) in [4.78, 5) is 9.48. The van der Waals surface area contributed by atoms with Gasteiger partial charge in [-0.25, -0.2) is 4.57 Å². The molecule has 1 heterocycles. The van der Waals surface area contributed by atoms with Crippen LogP contribution in [0.1, 0.15) is 0 Å². The summed E-state index contributed by atoms with van der Waals surface area (Å²) in [6, 6.07) is 8.31. The SMILES string of the molecule is COc1ccc(-c2[nH]nnc2-c2cc(OC)c(OC)c(OC)c2)cc1OP(=O)(O)S.[NaH]. The zero-order valence-electron chi connectivity index (χ0n) is 16.6. The van der Waals surface area contributed by atoms with E-state index in [1.165, 1.54) is 34.5 Å². The molecule has 1 atom stereocenters. The standard InChI is InChI=1S/C18H20N3O7PS.Na.H/c1-24-12-6-5-10(7-13(12)28-29(22,23)30)16-17(20-21-19-16)11-8-14(25-2)18(27-4)15(9-11)26-3;;/h5-9H,1-4H3,(H,19,20,21)(H2,22,23,30);;. The van der Waals surface area contributed by atoms with E-state index in [9.17, 15) is 9.46 Å². The molecule has 13 heteroatoms. The molecule has 2 N–H and O–H groups in total. The Morgan fingerprint density at radius 3 is 2.00 bits per heavy atom. The predicted octanol–water partition coefficient (Wildman–Crippen LogP) is 2.93. The van der Waals surface area contributed by atoms with E-state index in [-0.39, 0.29) is 41.1 Å². The van der Waals surface area contributed by atoms with E-state index < -0.39 is 6.80 Å². The Labute approximate surface area is 206 Å². The predicted molar refractivity (Wildman–Crippen MR) is 120 cm³/mol. The van der Waals surface area contributed by atoms with Crippen molar-refractivity contribution in [3.05, 3.63) is 30.3 Å². The van der Waals surface area contributed by atoms with E-state index in [4.69, 9.17) is 23.5 Å². The summed E-state index contributed by atoms with van der Waals surface area (Å²) in [5.74, 6) is 1.67. The van der Waals surface area contributed by atoms with Gasteiger partial charge in [0.25, 0.3) is 0 Å². The van der Waals surface area contributed by atoms with Gasteiger partial charge in [-0.3, -0.25) is 5.10 Å². The number of methoxy groups -OCH3 is 4. The van der Waals surface area contributed by atoms with Crippen molar-refractivity contribution in [1.82, 2.24) is 15.4 Å². The Morgan fingerprint density at radius 1 is 0.903 bits per heavy atom. The molecule has 0 spiro atoms. The number of aromatic nitrogens is 3. The third-order valence-corrected chi connectivity index (χ3v) is 4.84. The van der Waals surface area contributed by atoms with Gasteiger partial charge in [0.15, 0.2) is 23.0 Å². The first-order valence-electron chi connectivity index (χ1n) is 8.46. The van der Waals surface area contributed by atoms with Crippen LogP contribution in [0.5, 0.6) is 28.7 Å². The number of thiol groups is 1. The van der Waals surface area contributed by atoms with Crippen LogP contribution in [0.3, 0.4) is 0 Å². The van der Waals surface area contributed by atoms with Crippen LogP contribution in [0.15, 0.2) is 30.3 Å². The number of aromatic amines is 1. The molecular formula is C18H21N3NaO7PS. The second-order valence-corrected chi connectivity index (χ2v) is 8.58. The van der Waals surface area contributed by atoms with E-state index >= 15 is 0 Å². The zero-order chi connectivity index (χ0) is 21.9. The van der Waals surface area contributed by atoms with E-state index in [1.807, 2.05) is 0 Å². The van der Waals surface area contributed by atoms with Crippen LogP contribution in [0.4, 0.5) is 0 Å². The molecule has 0 aliphatic rings. The molecule has 3 rings (SSSR count). The Morgan fingerprint density at radius 2 is 1.48 bits per heavy atom. The summed E-state index contributed by atoms with van der Waals surface area (Å²) in [5, 5.41) is 10.9. The van der Waals surface area contributed by atoms with Gasteiger partial charge in [-0.2, -0.15) is 0 Å². The van der Waals surface area contributed by atoms with Gasteiger partial charge in [0.2, 0.25) is 5.75 Å². The molecule has 1 unspecified atom stereocenters. The quantitative estimate of drug-likeness (QED) is 0.255. The van der Waals surface area contributed by atoms with Crippen LogP contribution in [0.25, 0.3) is 22.5 Å². The number of benzene rings is 2. The number of nitrogens with one attached hydrogen (secondary N) is 1. The van der Waals surface area contributed by atoms with Crippen molar-refractivity contribution >= 4 is 48.6 Å². The van der Waals surface area contributed by atoms with Crippen molar-refractivity contribution in [2.45, 2.75) is 0 Å². The van der Waals surface area contributed by atoms with Gasteiger partial charge in [-0.05, 0) is 42.6 Å². The maximum atomic E-state index is 11.6. The monoisotopic (exact) mass is 477 g/mol. The van der Waals surface area contributed by atoms with Crippen LogP contribution >= 0.6 is 19.0 Å². The molecule has 10 nitrogen and oxygen atoms in total. The van der Waals surface area contributed by atoms with Gasteiger partial charge in [0.1, 0.15) is 5.69 Å². The molecule has 31 heavy (non-hydrogen) atoms. The molecule has 0 saturated carbocycles. The Bertz CT molecular complexity index is 1080. The fourth-order valence-corrected chi connectivity index (χ4v) is 3.54. The van der Waals surface area contributed by atoms with Crippen LogP contribution < -0.4 is 23.5 Å². The molecule has 0 radical (unpaired) electrons. The summed E-state index contributed by atoms with van der Waals surface area (Å²) in [5.41, 5.74) is 2.25. The molecular weight excluding hydrogens is 456 g/mol. The number of hydrogen-bond donors (Lipinski definition) is 3. The van der Waals surface area contributed by atoms with Gasteiger partial charge in [-0.15, -0.1) is 5.10 Å². The van der Waals surface area contributed by atoms with E-state index in [1.54, 1.807) is 24.3 Å². The second-order valence-electron chi connectivity index (χ2n) is 5.90. The summed E-state index contributed by atoms with van der Waals surface area (Å²) in [6.07, 6.45) is 0. The third kappa shape index (κ3) is 5.68. The third-order valence-electron chi connectivity index (χ3n) is 4.16. The Balaban J connectivity index is 0.00000341. The van der Waals surface area contributed by atoms with Crippen molar-refractivity contribution in [3.8, 4) is 51.3 Å². The molecule has 0 amide bonds. The molecule has 0 aliphatic carbocycles. The number of ether oxygens (including phenoxy) is 4. The summed E-state index contributed by atoms with van der Waals surface area (Å²) >= 11 is 3.56. The van der Waals surface area contributed by atoms with Crippen LogP contribution in [-0.4, -0.2) is 78.3 Å². The van der Waals surface area contributed by atoms with E-state index in [0.29, 0.717) is 39.8 Å². The first-order chi connectivity index (χ1) is 14.3. The molecule has 0 bridgehead atoms. The topological polar surface area (TPSA) is 125 Å². The normalized spacial score (nSPS) is 12.3. The molecule has 0 aliphatic heterocycles. The first kappa shape index (κ1) is 25.4. The fourth-order valence-electron chi connectivity index (χ4n) is 2.88. The Kier molecular flexibility index (Phi) is 8.70. The number of rotatable bonds is 8. The fraction of sp³-hybridized carbons (Fsp3) is 0.222. The first-order valence-corrected chi connectivity index (χ1v) is 11.2. The second kappa shape index (κ2) is 10.6. The van der Waals surface area contributed by atoms with Gasteiger partial charge >= 0.3 is 36.4 Å². The minimum absolute atomic E-state index is 0. The van der Waals surface area contributed by atoms with Crippen LogP contribution in [0.2, 0.25) is 0 Å². The molecule has 162 valence electrons. The Hall–Kier alpha value is -1.88. The van der Waals surface area contributed by atoms with Crippen molar-refractivity contribution < 1.29 is 32.9 Å².